The zero-order chi connectivity index (χ0) is 13.9. The van der Waals surface area contributed by atoms with Crippen molar-refractivity contribution in [3.8, 4) is 11.5 Å². The first-order valence-corrected chi connectivity index (χ1v) is 12.6. The van der Waals surface area contributed by atoms with Crippen LogP contribution in [-0.2, 0) is 4.43 Å². The quantitative estimate of drug-likeness (QED) is 0.418. The second kappa shape index (κ2) is 5.56. The molecule has 1 unspecified atom stereocenters. The van der Waals surface area contributed by atoms with Crippen LogP contribution in [0.2, 0.25) is 37.8 Å². The maximum atomic E-state index is 6.22. The second-order valence-electron chi connectivity index (χ2n) is 7.05. The van der Waals surface area contributed by atoms with Gasteiger partial charge < -0.3 is 4.43 Å². The minimum atomic E-state index is -1.74. The van der Waals surface area contributed by atoms with Crippen LogP contribution in [0.1, 0.15) is 20.8 Å². The molecule has 0 rings (SSSR count). The van der Waals surface area contributed by atoms with Crippen LogP contribution in [-0.4, -0.2) is 22.5 Å². The van der Waals surface area contributed by atoms with Crippen molar-refractivity contribution in [2.24, 2.45) is 0 Å². The summed E-state index contributed by atoms with van der Waals surface area (Å²) < 4.78 is 6.22. The molecule has 0 aromatic rings. The average Bonchev–Trinajstić information content (AvgIpc) is 2.08. The summed E-state index contributed by atoms with van der Waals surface area (Å²) >= 11 is 0. The lowest BCUT2D eigenvalue weighted by Crippen LogP contribution is -2.43. The first-order valence-electron chi connectivity index (χ1n) is 6.22. The Bertz CT molecular complexity index is 321. The molecule has 0 fully saturated rings. The largest absolute Gasteiger partial charge is 0.400 e. The van der Waals surface area contributed by atoms with E-state index in [1.165, 1.54) is 0 Å². The predicted octanol–water partition coefficient (Wildman–Crippen LogP) is 4.44. The van der Waals surface area contributed by atoms with Gasteiger partial charge in [0.2, 0.25) is 0 Å². The Hall–Kier alpha value is -0.306. The van der Waals surface area contributed by atoms with Gasteiger partial charge in [0.25, 0.3) is 0 Å². The first kappa shape index (κ1) is 16.7. The molecule has 0 saturated carbocycles. The van der Waals surface area contributed by atoms with E-state index < -0.39 is 16.4 Å². The van der Waals surface area contributed by atoms with Crippen molar-refractivity contribution in [1.82, 2.24) is 0 Å². The van der Waals surface area contributed by atoms with Gasteiger partial charge in [-0.15, -0.1) is 5.54 Å². The molecule has 98 valence electrons. The number of hydrogen-bond acceptors (Lipinski definition) is 1. The van der Waals surface area contributed by atoms with Gasteiger partial charge in [-0.2, -0.15) is 0 Å². The molecule has 0 spiro atoms. The molecule has 17 heavy (non-hydrogen) atoms. The third-order valence-electron chi connectivity index (χ3n) is 3.03. The molecule has 0 N–H and O–H groups in total. The van der Waals surface area contributed by atoms with Gasteiger partial charge in [-0.3, -0.25) is 0 Å². The van der Waals surface area contributed by atoms with Gasteiger partial charge in [-0.25, -0.2) is 0 Å². The molecule has 3 heteroatoms. The van der Waals surface area contributed by atoms with Crippen LogP contribution in [0.15, 0.2) is 12.7 Å². The second-order valence-corrected chi connectivity index (χ2v) is 16.6. The van der Waals surface area contributed by atoms with Gasteiger partial charge in [-0.1, -0.05) is 59.0 Å². The minimum absolute atomic E-state index is 0.109. The molecular formula is C14H28OSi2. The summed E-state index contributed by atoms with van der Waals surface area (Å²) in [4.78, 5) is 0. The van der Waals surface area contributed by atoms with Crippen LogP contribution < -0.4 is 0 Å². The Morgan fingerprint density at radius 3 is 1.88 bits per heavy atom. The predicted molar refractivity (Wildman–Crippen MR) is 83.4 cm³/mol. The zero-order valence-corrected chi connectivity index (χ0v) is 14.8. The van der Waals surface area contributed by atoms with E-state index in [1.807, 2.05) is 6.08 Å². The molecule has 1 nitrogen and oxygen atoms in total. The monoisotopic (exact) mass is 268 g/mol. The van der Waals surface area contributed by atoms with Crippen molar-refractivity contribution in [3.63, 3.8) is 0 Å². The molecule has 0 heterocycles. The fraction of sp³-hybridized carbons (Fsp3) is 0.714. The smallest absolute Gasteiger partial charge is 0.194 e. The van der Waals surface area contributed by atoms with Gasteiger partial charge in [0.15, 0.2) is 8.32 Å². The average molecular weight is 269 g/mol. The fourth-order valence-electron chi connectivity index (χ4n) is 0.918. The van der Waals surface area contributed by atoms with Crippen LogP contribution in [0, 0.1) is 11.5 Å². The number of rotatable bonds is 3. The van der Waals surface area contributed by atoms with Crippen molar-refractivity contribution in [2.75, 3.05) is 0 Å². The molecule has 0 aliphatic carbocycles. The van der Waals surface area contributed by atoms with E-state index in [1.54, 1.807) is 0 Å². The van der Waals surface area contributed by atoms with E-state index in [-0.39, 0.29) is 11.1 Å². The molecule has 0 bridgehead atoms. The van der Waals surface area contributed by atoms with Crippen LogP contribution in [0.3, 0.4) is 0 Å². The zero-order valence-electron chi connectivity index (χ0n) is 12.8. The molecule has 0 aliphatic rings. The Morgan fingerprint density at radius 2 is 1.59 bits per heavy atom. The maximum absolute atomic E-state index is 6.22. The minimum Gasteiger partial charge on any atom is -0.400 e. The third-order valence-corrected chi connectivity index (χ3v) is 8.38. The molecular weight excluding hydrogens is 240 g/mol. The van der Waals surface area contributed by atoms with Crippen molar-refractivity contribution in [3.05, 3.63) is 12.7 Å². The van der Waals surface area contributed by atoms with Gasteiger partial charge in [0, 0.05) is 0 Å². The summed E-state index contributed by atoms with van der Waals surface area (Å²) in [5.74, 6) is 3.24. The summed E-state index contributed by atoms with van der Waals surface area (Å²) in [6.45, 7) is 21.8. The van der Waals surface area contributed by atoms with Gasteiger partial charge in [0.05, 0.1) is 0 Å². The molecule has 0 aromatic heterocycles. The summed E-state index contributed by atoms with van der Waals surface area (Å²) in [6, 6.07) is 0. The van der Waals surface area contributed by atoms with E-state index in [9.17, 15) is 0 Å². The SMILES string of the molecule is C=CC(C#C[Si](C)(C)C)O[Si](C)(C)C(C)(C)C. The van der Waals surface area contributed by atoms with E-state index in [0.29, 0.717) is 0 Å². The molecule has 1 atom stereocenters. The molecule has 0 amide bonds. The van der Waals surface area contributed by atoms with Crippen LogP contribution in [0.5, 0.6) is 0 Å². The fourth-order valence-corrected chi connectivity index (χ4v) is 2.64. The summed E-state index contributed by atoms with van der Waals surface area (Å²) in [5, 5.41) is 0.217. The normalized spacial score (nSPS) is 14.8. The molecule has 0 radical (unpaired) electrons. The topological polar surface area (TPSA) is 9.23 Å². The molecule has 0 aliphatic heterocycles. The lowest BCUT2D eigenvalue weighted by molar-refractivity contribution is 0.276. The van der Waals surface area contributed by atoms with E-state index in [2.05, 4.69) is 71.5 Å². The van der Waals surface area contributed by atoms with E-state index in [4.69, 9.17) is 4.43 Å². The highest BCUT2D eigenvalue weighted by Gasteiger charge is 2.38. The van der Waals surface area contributed by atoms with Gasteiger partial charge in [-0.05, 0) is 18.1 Å². The van der Waals surface area contributed by atoms with Crippen LogP contribution in [0.25, 0.3) is 0 Å². The Kier molecular flexibility index (Phi) is 5.46. The highest BCUT2D eigenvalue weighted by Crippen LogP contribution is 2.37. The Balaban J connectivity index is 4.84. The van der Waals surface area contributed by atoms with E-state index in [0.717, 1.165) is 0 Å². The summed E-state index contributed by atoms with van der Waals surface area (Å²) in [5.41, 5.74) is 3.36. The first-order chi connectivity index (χ1) is 7.39. The van der Waals surface area contributed by atoms with Crippen LogP contribution >= 0.6 is 0 Å². The van der Waals surface area contributed by atoms with Gasteiger partial charge >= 0.3 is 0 Å². The van der Waals surface area contributed by atoms with Crippen molar-refractivity contribution < 1.29 is 4.43 Å². The molecule has 0 aromatic carbocycles. The summed E-state index contributed by atoms with van der Waals surface area (Å²) in [6.07, 6.45) is 1.72. The van der Waals surface area contributed by atoms with Crippen molar-refractivity contribution >= 4 is 16.4 Å². The van der Waals surface area contributed by atoms with Crippen molar-refractivity contribution in [1.29, 1.82) is 0 Å². The maximum Gasteiger partial charge on any atom is 0.194 e. The highest BCUT2D eigenvalue weighted by atomic mass is 28.4. The third kappa shape index (κ3) is 6.25. The van der Waals surface area contributed by atoms with E-state index >= 15 is 0 Å². The lowest BCUT2D eigenvalue weighted by Gasteiger charge is -2.37. The van der Waals surface area contributed by atoms with Crippen LogP contribution in [0.4, 0.5) is 0 Å². The van der Waals surface area contributed by atoms with Gasteiger partial charge in [0.1, 0.15) is 14.2 Å². The Labute approximate surface area is 110 Å². The standard InChI is InChI=1S/C14H28OSi2/c1-10-13(11-12-16(5,6)7)15-17(8,9)14(2,3)4/h10,13H,1H2,2-9H3. The lowest BCUT2D eigenvalue weighted by atomic mass is 10.2. The highest BCUT2D eigenvalue weighted by molar-refractivity contribution is 6.83. The number of hydrogen-bond donors (Lipinski definition) is 0. The Morgan fingerprint density at radius 1 is 1.12 bits per heavy atom. The summed E-state index contributed by atoms with van der Waals surface area (Å²) in [7, 11) is -3.07. The van der Waals surface area contributed by atoms with Crippen molar-refractivity contribution in [2.45, 2.75) is 64.6 Å². The molecule has 0 saturated heterocycles.